The molecule has 0 aliphatic rings. The highest BCUT2D eigenvalue weighted by Crippen LogP contribution is 2.36. The first-order valence-electron chi connectivity index (χ1n) is 5.88. The third kappa shape index (κ3) is 4.21. The Morgan fingerprint density at radius 2 is 2.18 bits per heavy atom. The van der Waals surface area contributed by atoms with Crippen molar-refractivity contribution in [3.63, 3.8) is 0 Å². The highest BCUT2D eigenvalue weighted by Gasteiger charge is 2.21. The minimum absolute atomic E-state index is 0.274. The monoisotopic (exact) mass is 338 g/mol. The van der Waals surface area contributed by atoms with Crippen LogP contribution in [-0.4, -0.2) is 24.5 Å². The molecule has 0 radical (unpaired) electrons. The molecule has 2 N–H and O–H groups in total. The first-order valence-corrected chi connectivity index (χ1v) is 7.87. The van der Waals surface area contributed by atoms with Crippen molar-refractivity contribution in [1.29, 1.82) is 0 Å². The van der Waals surface area contributed by atoms with Gasteiger partial charge in [-0.05, 0) is 34.5 Å². The molecule has 1 rings (SSSR count). The molecule has 1 heterocycles. The smallest absolute Gasteiger partial charge is 0.107 e. The molecular formula is C12H20BrClN2S. The van der Waals surface area contributed by atoms with Crippen LogP contribution < -0.4 is 5.73 Å². The van der Waals surface area contributed by atoms with Gasteiger partial charge in [-0.15, -0.1) is 11.3 Å². The molecule has 0 saturated carbocycles. The summed E-state index contributed by atoms with van der Waals surface area (Å²) in [6, 6.07) is 2.37. The van der Waals surface area contributed by atoms with E-state index in [2.05, 4.69) is 47.7 Å². The molecule has 0 spiro atoms. The molecule has 0 fully saturated rings. The number of nitrogens with two attached hydrogens (primary N) is 1. The Morgan fingerprint density at radius 3 is 2.53 bits per heavy atom. The van der Waals surface area contributed by atoms with Gasteiger partial charge in [-0.2, -0.15) is 0 Å². The van der Waals surface area contributed by atoms with E-state index in [0.717, 1.165) is 21.9 Å². The van der Waals surface area contributed by atoms with E-state index in [0.29, 0.717) is 12.5 Å². The fraction of sp³-hybridized carbons (Fsp3) is 0.667. The van der Waals surface area contributed by atoms with Gasteiger partial charge in [-0.25, -0.2) is 0 Å². The molecule has 98 valence electrons. The lowest BCUT2D eigenvalue weighted by Crippen LogP contribution is -2.35. The van der Waals surface area contributed by atoms with Gasteiger partial charge in [-0.1, -0.05) is 32.4 Å². The standard InChI is InChI=1S/C12H20BrClN2S/c1-4-16(7-8(2)3)10(6-15)11-5-9(13)12(14)17-11/h5,8,10H,4,6-7,15H2,1-3H3. The van der Waals surface area contributed by atoms with Crippen LogP contribution in [0.5, 0.6) is 0 Å². The van der Waals surface area contributed by atoms with E-state index >= 15 is 0 Å². The molecule has 0 aromatic carbocycles. The summed E-state index contributed by atoms with van der Waals surface area (Å²) in [5, 5.41) is 0. The number of thiophene rings is 1. The molecule has 1 atom stereocenters. The second-order valence-corrected chi connectivity index (χ2v) is 7.04. The Hall–Kier alpha value is 0.390. The summed E-state index contributed by atoms with van der Waals surface area (Å²) >= 11 is 11.2. The topological polar surface area (TPSA) is 29.3 Å². The van der Waals surface area contributed by atoms with E-state index in [4.69, 9.17) is 17.3 Å². The third-order valence-electron chi connectivity index (χ3n) is 2.66. The second-order valence-electron chi connectivity index (χ2n) is 4.50. The Morgan fingerprint density at radius 1 is 1.53 bits per heavy atom. The fourth-order valence-corrected chi connectivity index (χ4v) is 3.80. The van der Waals surface area contributed by atoms with Gasteiger partial charge < -0.3 is 5.73 Å². The van der Waals surface area contributed by atoms with Gasteiger partial charge in [-0.3, -0.25) is 4.90 Å². The van der Waals surface area contributed by atoms with Gasteiger partial charge >= 0.3 is 0 Å². The highest BCUT2D eigenvalue weighted by atomic mass is 79.9. The first-order chi connectivity index (χ1) is 7.99. The molecule has 0 saturated heterocycles. The molecular weight excluding hydrogens is 320 g/mol. The number of rotatable bonds is 6. The summed E-state index contributed by atoms with van der Waals surface area (Å²) in [6.07, 6.45) is 0. The maximum absolute atomic E-state index is 6.10. The largest absolute Gasteiger partial charge is 0.329 e. The van der Waals surface area contributed by atoms with Gasteiger partial charge in [0, 0.05) is 22.4 Å². The quantitative estimate of drug-likeness (QED) is 0.844. The summed E-state index contributed by atoms with van der Waals surface area (Å²) in [6.45, 7) is 9.33. The van der Waals surface area contributed by atoms with Crippen molar-refractivity contribution < 1.29 is 0 Å². The van der Waals surface area contributed by atoms with Crippen molar-refractivity contribution >= 4 is 38.9 Å². The van der Waals surface area contributed by atoms with Crippen LogP contribution in [0.3, 0.4) is 0 Å². The van der Waals surface area contributed by atoms with Crippen LogP contribution in [0.4, 0.5) is 0 Å². The van der Waals surface area contributed by atoms with Crippen LogP contribution >= 0.6 is 38.9 Å². The van der Waals surface area contributed by atoms with Crippen LogP contribution in [0.25, 0.3) is 0 Å². The number of halogens is 2. The zero-order chi connectivity index (χ0) is 13.0. The molecule has 17 heavy (non-hydrogen) atoms. The predicted molar refractivity (Wildman–Crippen MR) is 80.9 cm³/mol. The maximum atomic E-state index is 6.10. The SMILES string of the molecule is CCN(CC(C)C)C(CN)c1cc(Br)c(Cl)s1. The van der Waals surface area contributed by atoms with E-state index in [1.54, 1.807) is 11.3 Å². The van der Waals surface area contributed by atoms with E-state index < -0.39 is 0 Å². The van der Waals surface area contributed by atoms with Crippen molar-refractivity contribution in [3.8, 4) is 0 Å². The number of hydrogen-bond donors (Lipinski definition) is 1. The van der Waals surface area contributed by atoms with E-state index in [1.165, 1.54) is 4.88 Å². The molecule has 1 unspecified atom stereocenters. The van der Waals surface area contributed by atoms with E-state index in [1.807, 2.05) is 0 Å². The van der Waals surface area contributed by atoms with Gasteiger partial charge in [0.15, 0.2) is 0 Å². The number of hydrogen-bond acceptors (Lipinski definition) is 3. The van der Waals surface area contributed by atoms with Crippen molar-refractivity contribution in [1.82, 2.24) is 4.90 Å². The second kappa shape index (κ2) is 7.10. The summed E-state index contributed by atoms with van der Waals surface area (Å²) in [4.78, 5) is 3.66. The third-order valence-corrected chi connectivity index (χ3v) is 5.24. The molecule has 0 aliphatic heterocycles. The minimum atomic E-state index is 0.274. The van der Waals surface area contributed by atoms with Crippen molar-refractivity contribution in [3.05, 3.63) is 19.8 Å². The van der Waals surface area contributed by atoms with E-state index in [-0.39, 0.29) is 6.04 Å². The molecule has 0 amide bonds. The lowest BCUT2D eigenvalue weighted by molar-refractivity contribution is 0.192. The normalized spacial score (nSPS) is 13.6. The van der Waals surface area contributed by atoms with Crippen LogP contribution in [0.15, 0.2) is 10.5 Å². The first kappa shape index (κ1) is 15.4. The Balaban J connectivity index is 2.88. The summed E-state index contributed by atoms with van der Waals surface area (Å²) in [5.74, 6) is 0.642. The van der Waals surface area contributed by atoms with Gasteiger partial charge in [0.2, 0.25) is 0 Å². The maximum Gasteiger partial charge on any atom is 0.107 e. The van der Waals surface area contributed by atoms with Crippen molar-refractivity contribution in [2.45, 2.75) is 26.8 Å². The van der Waals surface area contributed by atoms with E-state index in [9.17, 15) is 0 Å². The average molecular weight is 340 g/mol. The fourth-order valence-electron chi connectivity index (χ4n) is 1.92. The molecule has 1 aromatic rings. The lowest BCUT2D eigenvalue weighted by atomic mass is 10.1. The van der Waals surface area contributed by atoms with Crippen LogP contribution in [0.2, 0.25) is 4.34 Å². The molecule has 0 aliphatic carbocycles. The minimum Gasteiger partial charge on any atom is -0.329 e. The highest BCUT2D eigenvalue weighted by molar-refractivity contribution is 9.10. The molecule has 1 aromatic heterocycles. The summed E-state index contributed by atoms with van der Waals surface area (Å²) in [7, 11) is 0. The van der Waals surface area contributed by atoms with Gasteiger partial charge in [0.1, 0.15) is 4.34 Å². The van der Waals surface area contributed by atoms with Gasteiger partial charge in [0.05, 0.1) is 6.04 Å². The average Bonchev–Trinajstić information content (AvgIpc) is 2.58. The van der Waals surface area contributed by atoms with Crippen LogP contribution in [-0.2, 0) is 0 Å². The van der Waals surface area contributed by atoms with Crippen LogP contribution in [0, 0.1) is 5.92 Å². The molecule has 2 nitrogen and oxygen atoms in total. The predicted octanol–water partition coefficient (Wildman–Crippen LogP) is 4.14. The van der Waals surface area contributed by atoms with Crippen molar-refractivity contribution in [2.75, 3.05) is 19.6 Å². The Kier molecular flexibility index (Phi) is 6.45. The van der Waals surface area contributed by atoms with Crippen LogP contribution in [0.1, 0.15) is 31.7 Å². The molecule has 0 bridgehead atoms. The summed E-state index contributed by atoms with van der Waals surface area (Å²) in [5.41, 5.74) is 5.92. The lowest BCUT2D eigenvalue weighted by Gasteiger charge is -2.30. The zero-order valence-corrected chi connectivity index (χ0v) is 13.7. The Labute approximate surface area is 121 Å². The zero-order valence-electron chi connectivity index (χ0n) is 10.5. The number of likely N-dealkylation sites (N-methyl/N-ethyl adjacent to an activating group) is 1. The van der Waals surface area contributed by atoms with Gasteiger partial charge in [0.25, 0.3) is 0 Å². The van der Waals surface area contributed by atoms with Crippen molar-refractivity contribution in [2.24, 2.45) is 11.7 Å². The number of nitrogens with zero attached hydrogens (tertiary/aromatic N) is 1. The molecule has 5 heteroatoms. The summed E-state index contributed by atoms with van der Waals surface area (Å²) < 4.78 is 1.78. The Bertz CT molecular complexity index is 335.